The lowest BCUT2D eigenvalue weighted by atomic mass is 9.80. The van der Waals surface area contributed by atoms with Crippen LogP contribution in [0, 0.1) is 5.92 Å². The van der Waals surface area contributed by atoms with E-state index in [-0.39, 0.29) is 17.8 Å². The van der Waals surface area contributed by atoms with Crippen molar-refractivity contribution in [3.8, 4) is 0 Å². The van der Waals surface area contributed by atoms with Crippen molar-refractivity contribution in [3.63, 3.8) is 0 Å². The van der Waals surface area contributed by atoms with Crippen molar-refractivity contribution < 1.29 is 9.53 Å². The van der Waals surface area contributed by atoms with E-state index in [0.29, 0.717) is 6.61 Å². The van der Waals surface area contributed by atoms with E-state index in [1.54, 1.807) is 0 Å². The molecule has 23 heavy (non-hydrogen) atoms. The molecule has 3 nitrogen and oxygen atoms in total. The fourth-order valence-corrected chi connectivity index (χ4v) is 3.24. The number of nitrogens with zero attached hydrogens (tertiary/aromatic N) is 1. The second-order valence-electron chi connectivity index (χ2n) is 6.11. The number of esters is 1. The van der Waals surface area contributed by atoms with Crippen LogP contribution in [-0.4, -0.2) is 37.1 Å². The van der Waals surface area contributed by atoms with E-state index in [1.165, 1.54) is 0 Å². The molecule has 3 heteroatoms. The Morgan fingerprint density at radius 3 is 2.61 bits per heavy atom. The molecule has 0 spiro atoms. The van der Waals surface area contributed by atoms with Gasteiger partial charge >= 0.3 is 5.97 Å². The molecule has 0 unspecified atom stereocenters. The van der Waals surface area contributed by atoms with Crippen LogP contribution in [0.4, 0.5) is 0 Å². The molecule has 0 saturated carbocycles. The largest absolute Gasteiger partial charge is 0.464 e. The Kier molecular flexibility index (Phi) is 7.34. The zero-order valence-corrected chi connectivity index (χ0v) is 14.4. The molecule has 1 aliphatic rings. The van der Waals surface area contributed by atoms with Gasteiger partial charge in [0.15, 0.2) is 0 Å². The molecule has 126 valence electrons. The van der Waals surface area contributed by atoms with Gasteiger partial charge in [-0.05, 0) is 43.8 Å². The molecule has 2 rings (SSSR count). The summed E-state index contributed by atoms with van der Waals surface area (Å²) in [5.41, 5.74) is 1.07. The molecule has 1 aromatic rings. The third-order valence-corrected chi connectivity index (χ3v) is 4.68. The van der Waals surface area contributed by atoms with E-state index >= 15 is 0 Å². The van der Waals surface area contributed by atoms with Crippen LogP contribution in [0.15, 0.2) is 42.5 Å². The van der Waals surface area contributed by atoms with Gasteiger partial charge < -0.3 is 9.64 Å². The highest BCUT2D eigenvalue weighted by molar-refractivity contribution is 5.79. The van der Waals surface area contributed by atoms with E-state index in [1.807, 2.05) is 30.3 Å². The Balaban J connectivity index is 2.03. The molecule has 1 aliphatic carbocycles. The molecule has 0 amide bonds. The SMILES string of the molecule is CCN(CC)CCOC(=O)[C@H](c1ccccc1)[C@@H]1C=CCCC1. The number of allylic oxidation sites excluding steroid dienone is 2. The summed E-state index contributed by atoms with van der Waals surface area (Å²) >= 11 is 0. The Morgan fingerprint density at radius 1 is 1.26 bits per heavy atom. The molecule has 0 N–H and O–H groups in total. The fraction of sp³-hybridized carbons (Fsp3) is 0.550. The maximum atomic E-state index is 12.7. The molecular weight excluding hydrogens is 286 g/mol. The summed E-state index contributed by atoms with van der Waals surface area (Å²) in [6, 6.07) is 10.1. The van der Waals surface area contributed by atoms with Crippen molar-refractivity contribution in [2.24, 2.45) is 5.92 Å². The zero-order valence-electron chi connectivity index (χ0n) is 14.4. The van der Waals surface area contributed by atoms with Gasteiger partial charge in [0, 0.05) is 6.54 Å². The lowest BCUT2D eigenvalue weighted by molar-refractivity contribution is -0.147. The molecule has 0 bridgehead atoms. The average Bonchev–Trinajstić information content (AvgIpc) is 2.61. The van der Waals surface area contributed by atoms with E-state index in [0.717, 1.165) is 44.5 Å². The van der Waals surface area contributed by atoms with E-state index in [4.69, 9.17) is 4.74 Å². The lowest BCUT2D eigenvalue weighted by Gasteiger charge is -2.26. The van der Waals surface area contributed by atoms with Gasteiger partial charge in [-0.25, -0.2) is 0 Å². The Morgan fingerprint density at radius 2 is 2.00 bits per heavy atom. The monoisotopic (exact) mass is 315 g/mol. The lowest BCUT2D eigenvalue weighted by Crippen LogP contribution is -2.30. The maximum Gasteiger partial charge on any atom is 0.314 e. The van der Waals surface area contributed by atoms with Crippen LogP contribution in [0.3, 0.4) is 0 Å². The van der Waals surface area contributed by atoms with Crippen molar-refractivity contribution >= 4 is 5.97 Å². The third kappa shape index (κ3) is 5.21. The number of likely N-dealkylation sites (N-methyl/N-ethyl adjacent to an activating group) is 1. The minimum absolute atomic E-state index is 0.0834. The van der Waals surface area contributed by atoms with Crippen LogP contribution in [0.1, 0.15) is 44.6 Å². The quantitative estimate of drug-likeness (QED) is 0.536. The summed E-state index contributed by atoms with van der Waals surface area (Å²) in [5, 5.41) is 0. The summed E-state index contributed by atoms with van der Waals surface area (Å²) in [6.07, 6.45) is 7.73. The minimum atomic E-state index is -0.176. The molecular formula is C20H29NO2. The van der Waals surface area contributed by atoms with Crippen molar-refractivity contribution in [2.75, 3.05) is 26.2 Å². The first-order valence-electron chi connectivity index (χ1n) is 8.86. The normalized spacial score (nSPS) is 18.8. The smallest absolute Gasteiger partial charge is 0.314 e. The summed E-state index contributed by atoms with van der Waals surface area (Å²) in [4.78, 5) is 15.0. The van der Waals surface area contributed by atoms with Crippen LogP contribution in [0.5, 0.6) is 0 Å². The van der Waals surface area contributed by atoms with Crippen molar-refractivity contribution in [1.82, 2.24) is 4.90 Å². The Bertz CT molecular complexity index is 494. The van der Waals surface area contributed by atoms with Gasteiger partial charge in [-0.15, -0.1) is 0 Å². The predicted molar refractivity (Wildman–Crippen MR) is 94.4 cm³/mol. The van der Waals surface area contributed by atoms with Gasteiger partial charge in [-0.3, -0.25) is 4.79 Å². The van der Waals surface area contributed by atoms with Crippen LogP contribution < -0.4 is 0 Å². The topological polar surface area (TPSA) is 29.5 Å². The van der Waals surface area contributed by atoms with Crippen molar-refractivity contribution in [1.29, 1.82) is 0 Å². The maximum absolute atomic E-state index is 12.7. The Hall–Kier alpha value is -1.61. The van der Waals surface area contributed by atoms with Crippen molar-refractivity contribution in [3.05, 3.63) is 48.0 Å². The molecule has 1 aromatic carbocycles. The zero-order chi connectivity index (χ0) is 16.5. The second-order valence-corrected chi connectivity index (χ2v) is 6.11. The van der Waals surface area contributed by atoms with Crippen molar-refractivity contribution in [2.45, 2.75) is 39.0 Å². The predicted octanol–water partition coefficient (Wildman–Crippen LogP) is 4.01. The minimum Gasteiger partial charge on any atom is -0.464 e. The van der Waals surface area contributed by atoms with Gasteiger partial charge in [-0.1, -0.05) is 56.3 Å². The number of rotatable bonds is 8. The van der Waals surface area contributed by atoms with E-state index in [9.17, 15) is 4.79 Å². The number of carbonyl (C=O) groups is 1. The molecule has 0 aliphatic heterocycles. The number of hydrogen-bond donors (Lipinski definition) is 0. The summed E-state index contributed by atoms with van der Waals surface area (Å²) < 4.78 is 5.63. The molecule has 0 heterocycles. The first kappa shape index (κ1) is 17.7. The number of carbonyl (C=O) groups excluding carboxylic acids is 1. The van der Waals surface area contributed by atoms with Crippen LogP contribution in [-0.2, 0) is 9.53 Å². The van der Waals surface area contributed by atoms with Crippen LogP contribution in [0.25, 0.3) is 0 Å². The number of ether oxygens (including phenoxy) is 1. The van der Waals surface area contributed by atoms with E-state index < -0.39 is 0 Å². The number of hydrogen-bond acceptors (Lipinski definition) is 3. The summed E-state index contributed by atoms with van der Waals surface area (Å²) in [7, 11) is 0. The molecule has 0 radical (unpaired) electrons. The Labute approximate surface area is 140 Å². The number of benzene rings is 1. The van der Waals surface area contributed by atoms with Crippen LogP contribution in [0.2, 0.25) is 0 Å². The standard InChI is InChI=1S/C20H29NO2/c1-3-21(4-2)15-16-23-20(22)19(17-11-7-5-8-12-17)18-13-9-6-10-14-18/h5,7-9,11-13,18-19H,3-4,6,10,14-16H2,1-2H3/t18-,19-/m1/s1. The van der Waals surface area contributed by atoms with E-state index in [2.05, 4.69) is 30.9 Å². The summed E-state index contributed by atoms with van der Waals surface area (Å²) in [6.45, 7) is 7.51. The van der Waals surface area contributed by atoms with Gasteiger partial charge in [-0.2, -0.15) is 0 Å². The van der Waals surface area contributed by atoms with Gasteiger partial charge in [0.1, 0.15) is 6.61 Å². The van der Waals surface area contributed by atoms with Gasteiger partial charge in [0.05, 0.1) is 5.92 Å². The van der Waals surface area contributed by atoms with Crippen LogP contribution >= 0.6 is 0 Å². The van der Waals surface area contributed by atoms with Gasteiger partial charge in [0.25, 0.3) is 0 Å². The highest BCUT2D eigenvalue weighted by atomic mass is 16.5. The van der Waals surface area contributed by atoms with Gasteiger partial charge in [0.2, 0.25) is 0 Å². The third-order valence-electron chi connectivity index (χ3n) is 4.68. The summed E-state index contributed by atoms with van der Waals surface area (Å²) in [5.74, 6) is -0.00328. The molecule has 0 saturated heterocycles. The average molecular weight is 315 g/mol. The highest BCUT2D eigenvalue weighted by Gasteiger charge is 2.30. The first-order chi connectivity index (χ1) is 11.3. The first-order valence-corrected chi connectivity index (χ1v) is 8.86. The fourth-order valence-electron chi connectivity index (χ4n) is 3.24. The molecule has 2 atom stereocenters. The highest BCUT2D eigenvalue weighted by Crippen LogP contribution is 2.33. The molecule has 0 fully saturated rings. The second kappa shape index (κ2) is 9.51. The molecule has 0 aromatic heterocycles.